The fourth-order valence-electron chi connectivity index (χ4n) is 5.27. The Morgan fingerprint density at radius 1 is 0.667 bits per heavy atom. The quantitative estimate of drug-likeness (QED) is 0.0284. The Labute approximate surface area is 331 Å². The molecule has 0 rings (SSSR count). The number of hydrogen-bond donors (Lipinski definition) is 2. The van der Waals surface area contributed by atoms with Crippen molar-refractivity contribution in [3.8, 4) is 0 Å². The van der Waals surface area contributed by atoms with Crippen LogP contribution in [-0.4, -0.2) is 68.5 Å². The summed E-state index contributed by atoms with van der Waals surface area (Å²) >= 11 is 0. The highest BCUT2D eigenvalue weighted by atomic mass is 31.2. The van der Waals surface area contributed by atoms with Crippen molar-refractivity contribution in [1.29, 1.82) is 0 Å². The van der Waals surface area contributed by atoms with E-state index in [-0.39, 0.29) is 18.9 Å². The Hall–Kier alpha value is -2.32. The minimum absolute atomic E-state index is 0.0146. The molecule has 0 spiro atoms. The lowest BCUT2D eigenvalue weighted by atomic mass is 10.1. The third kappa shape index (κ3) is 38.0. The van der Waals surface area contributed by atoms with Gasteiger partial charge in [-0.25, -0.2) is 0 Å². The minimum Gasteiger partial charge on any atom is -0.756 e. The van der Waals surface area contributed by atoms with Crippen LogP contribution in [0.15, 0.2) is 85.1 Å². The van der Waals surface area contributed by atoms with Crippen LogP contribution in [0.4, 0.5) is 0 Å². The van der Waals surface area contributed by atoms with E-state index < -0.39 is 26.6 Å². The molecule has 1 amide bonds. The van der Waals surface area contributed by atoms with Gasteiger partial charge < -0.3 is 28.8 Å². The molecule has 3 atom stereocenters. The molecule has 0 aromatic carbocycles. The maximum absolute atomic E-state index is 12.8. The number of allylic oxidation sites excluding steroid dienone is 13. The molecule has 3 unspecified atom stereocenters. The molecule has 0 aromatic heterocycles. The van der Waals surface area contributed by atoms with Crippen LogP contribution in [0.5, 0.6) is 0 Å². The van der Waals surface area contributed by atoms with Gasteiger partial charge in [-0.3, -0.25) is 9.36 Å². The number of rotatable bonds is 36. The molecule has 0 aliphatic rings. The summed E-state index contributed by atoms with van der Waals surface area (Å²) in [7, 11) is 1.21. The van der Waals surface area contributed by atoms with Gasteiger partial charge in [0.15, 0.2) is 0 Å². The monoisotopic (exact) mass is 775 g/mol. The number of hydrogen-bond acceptors (Lipinski definition) is 6. The fourth-order valence-corrected chi connectivity index (χ4v) is 5.99. The van der Waals surface area contributed by atoms with Gasteiger partial charge in [0.1, 0.15) is 13.2 Å². The first-order valence-corrected chi connectivity index (χ1v) is 22.4. The zero-order chi connectivity index (χ0) is 40.0. The van der Waals surface area contributed by atoms with E-state index in [1.165, 1.54) is 44.9 Å². The van der Waals surface area contributed by atoms with E-state index in [0.717, 1.165) is 70.6 Å². The molecule has 0 heterocycles. The van der Waals surface area contributed by atoms with Gasteiger partial charge in [-0.15, -0.1) is 0 Å². The summed E-state index contributed by atoms with van der Waals surface area (Å²) in [5.74, 6) is -0.246. The Kier molecular flexibility index (Phi) is 34.8. The lowest BCUT2D eigenvalue weighted by Gasteiger charge is -2.29. The second kappa shape index (κ2) is 36.3. The van der Waals surface area contributed by atoms with Crippen molar-refractivity contribution >= 4 is 13.7 Å². The average Bonchev–Trinajstić information content (AvgIpc) is 3.12. The number of nitrogens with zero attached hydrogens (tertiary/aromatic N) is 1. The second-order valence-corrected chi connectivity index (χ2v) is 16.4. The first kappa shape index (κ1) is 51.7. The summed E-state index contributed by atoms with van der Waals surface area (Å²) in [6.45, 7) is 4.45. The number of phosphoric ester groups is 1. The third-order valence-electron chi connectivity index (χ3n) is 8.61. The van der Waals surface area contributed by atoms with Crippen molar-refractivity contribution in [3.05, 3.63) is 85.1 Å². The Morgan fingerprint density at radius 2 is 1.13 bits per heavy atom. The average molecular weight is 775 g/mol. The Bertz CT molecular complexity index is 1150. The number of nitrogens with one attached hydrogen (secondary N) is 1. The van der Waals surface area contributed by atoms with Crippen molar-refractivity contribution in [3.63, 3.8) is 0 Å². The van der Waals surface area contributed by atoms with Gasteiger partial charge >= 0.3 is 0 Å². The summed E-state index contributed by atoms with van der Waals surface area (Å²) in [6.07, 6.45) is 49.2. The van der Waals surface area contributed by atoms with Gasteiger partial charge in [0.2, 0.25) is 5.91 Å². The molecular weight excluding hydrogens is 695 g/mol. The third-order valence-corrected chi connectivity index (χ3v) is 9.58. The molecule has 0 aromatic rings. The lowest BCUT2D eigenvalue weighted by Crippen LogP contribution is -2.45. The minimum atomic E-state index is -4.60. The molecule has 0 aliphatic heterocycles. The molecule has 0 bridgehead atoms. The van der Waals surface area contributed by atoms with Gasteiger partial charge in [0, 0.05) is 6.42 Å². The molecular formula is C45H79N2O6P. The van der Waals surface area contributed by atoms with Crippen LogP contribution < -0.4 is 10.2 Å². The molecule has 9 heteroatoms. The van der Waals surface area contributed by atoms with Crippen LogP contribution in [0, 0.1) is 0 Å². The highest BCUT2D eigenvalue weighted by Gasteiger charge is 2.23. The molecule has 0 aliphatic carbocycles. The number of phosphoric acid groups is 1. The summed E-state index contributed by atoms with van der Waals surface area (Å²) in [6, 6.07) is -0.912. The fraction of sp³-hybridized carbons (Fsp3) is 0.667. The summed E-state index contributed by atoms with van der Waals surface area (Å²) < 4.78 is 23.1. The lowest BCUT2D eigenvalue weighted by molar-refractivity contribution is -0.870. The standard InChI is InChI=1S/C45H79N2O6P/c1-6-8-10-12-14-16-18-19-20-21-22-23-24-25-26-27-29-31-33-35-37-39-45(49)46-43(42-53-54(50,51)52-41-40-47(3,4)5)44(48)38-36-34-32-30-28-17-15-13-11-9-7-2/h8,10,14,16,19-20,22-23,25-26,29,31,36,38,43-44,48H,6-7,9,11-13,15,17-18,21,24,27-28,30,32-35,37,39-42H2,1-5H3,(H-,46,49,50,51)/b10-8-,16-14-,20-19-,23-22-,26-25-,31-29-,38-36+. The first-order chi connectivity index (χ1) is 26.0. The number of unbranched alkanes of at least 4 members (excludes halogenated alkanes) is 11. The summed E-state index contributed by atoms with van der Waals surface area (Å²) in [5.41, 5.74) is 0. The first-order valence-electron chi connectivity index (χ1n) is 20.9. The normalized spacial score (nSPS) is 15.3. The number of quaternary nitrogens is 1. The van der Waals surface area contributed by atoms with Crippen LogP contribution >= 0.6 is 7.82 Å². The largest absolute Gasteiger partial charge is 0.756 e. The SMILES string of the molecule is CC/C=C\C/C=C\C/C=C\C/C=C\C/C=C\C/C=C\CCCCC(=O)NC(COP(=O)([O-])OCC[N+](C)(C)C)C(O)/C=C/CCCCCCCCCCC. The molecule has 310 valence electrons. The van der Waals surface area contributed by atoms with E-state index in [1.54, 1.807) is 6.08 Å². The van der Waals surface area contributed by atoms with Crippen LogP contribution in [0.1, 0.15) is 142 Å². The van der Waals surface area contributed by atoms with E-state index in [1.807, 2.05) is 27.2 Å². The van der Waals surface area contributed by atoms with Gasteiger partial charge in [0.05, 0.1) is 39.9 Å². The van der Waals surface area contributed by atoms with Gasteiger partial charge in [-0.2, -0.15) is 0 Å². The van der Waals surface area contributed by atoms with Crippen molar-refractivity contribution in [2.45, 2.75) is 154 Å². The topological polar surface area (TPSA) is 108 Å². The molecule has 0 fully saturated rings. The predicted octanol–water partition coefficient (Wildman–Crippen LogP) is 10.8. The van der Waals surface area contributed by atoms with Crippen LogP contribution in [-0.2, 0) is 18.4 Å². The van der Waals surface area contributed by atoms with Gasteiger partial charge in [-0.05, 0) is 70.6 Å². The zero-order valence-electron chi connectivity index (χ0n) is 34.9. The van der Waals surface area contributed by atoms with Crippen molar-refractivity contribution in [1.82, 2.24) is 5.32 Å². The second-order valence-electron chi connectivity index (χ2n) is 15.0. The van der Waals surface area contributed by atoms with Gasteiger partial charge in [0.25, 0.3) is 7.82 Å². The maximum Gasteiger partial charge on any atom is 0.268 e. The molecule has 54 heavy (non-hydrogen) atoms. The number of aliphatic hydroxyl groups excluding tert-OH is 1. The molecule has 0 radical (unpaired) electrons. The zero-order valence-corrected chi connectivity index (χ0v) is 35.8. The molecule has 0 saturated heterocycles. The Balaban J connectivity index is 4.53. The highest BCUT2D eigenvalue weighted by molar-refractivity contribution is 7.45. The van der Waals surface area contributed by atoms with E-state index >= 15 is 0 Å². The number of amides is 1. The van der Waals surface area contributed by atoms with Crippen molar-refractivity contribution in [2.75, 3.05) is 40.9 Å². The van der Waals surface area contributed by atoms with E-state index in [9.17, 15) is 19.4 Å². The van der Waals surface area contributed by atoms with E-state index in [2.05, 4.69) is 92.1 Å². The number of carbonyl (C=O) groups excluding carboxylic acids is 1. The highest BCUT2D eigenvalue weighted by Crippen LogP contribution is 2.38. The summed E-state index contributed by atoms with van der Waals surface area (Å²) in [4.78, 5) is 25.2. The van der Waals surface area contributed by atoms with Crippen LogP contribution in [0.2, 0.25) is 0 Å². The molecule has 8 nitrogen and oxygen atoms in total. The van der Waals surface area contributed by atoms with E-state index in [0.29, 0.717) is 17.4 Å². The van der Waals surface area contributed by atoms with Crippen LogP contribution in [0.3, 0.4) is 0 Å². The van der Waals surface area contributed by atoms with Crippen LogP contribution in [0.25, 0.3) is 0 Å². The van der Waals surface area contributed by atoms with Crippen molar-refractivity contribution in [2.24, 2.45) is 0 Å². The van der Waals surface area contributed by atoms with Gasteiger partial charge in [-0.1, -0.05) is 150 Å². The smallest absolute Gasteiger partial charge is 0.268 e. The molecule has 2 N–H and O–H groups in total. The molecule has 0 saturated carbocycles. The number of aliphatic hydroxyl groups is 1. The predicted molar refractivity (Wildman–Crippen MR) is 228 cm³/mol. The van der Waals surface area contributed by atoms with E-state index in [4.69, 9.17) is 9.05 Å². The summed E-state index contributed by atoms with van der Waals surface area (Å²) in [5, 5.41) is 13.7. The number of likely N-dealkylation sites (N-methyl/N-ethyl adjacent to an activating group) is 1. The Morgan fingerprint density at radius 3 is 1.65 bits per heavy atom. The van der Waals surface area contributed by atoms with Crippen molar-refractivity contribution < 1.29 is 32.9 Å². The number of carbonyl (C=O) groups is 1. The maximum atomic E-state index is 12.8.